The highest BCUT2D eigenvalue weighted by atomic mass is 79.9. The minimum atomic E-state index is -0.347. The van der Waals surface area contributed by atoms with Gasteiger partial charge in [0, 0.05) is 32.6 Å². The van der Waals surface area contributed by atoms with Gasteiger partial charge in [-0.15, -0.1) is 11.8 Å². The van der Waals surface area contributed by atoms with Gasteiger partial charge in [-0.25, -0.2) is 4.39 Å². The van der Waals surface area contributed by atoms with Crippen LogP contribution in [0.15, 0.2) is 45.8 Å². The Morgan fingerprint density at radius 2 is 2.10 bits per heavy atom. The molecule has 5 heteroatoms. The molecule has 21 heavy (non-hydrogen) atoms. The van der Waals surface area contributed by atoms with Crippen molar-refractivity contribution in [3.8, 4) is 0 Å². The van der Waals surface area contributed by atoms with Crippen LogP contribution in [0, 0.1) is 5.82 Å². The van der Waals surface area contributed by atoms with Gasteiger partial charge in [0.05, 0.1) is 5.02 Å². The molecule has 2 atom stereocenters. The van der Waals surface area contributed by atoms with Gasteiger partial charge in [-0.2, -0.15) is 0 Å². The van der Waals surface area contributed by atoms with Gasteiger partial charge in [-0.1, -0.05) is 35.9 Å². The Hall–Kier alpha value is -0.550. The van der Waals surface area contributed by atoms with Crippen LogP contribution in [0.2, 0.25) is 5.02 Å². The summed E-state index contributed by atoms with van der Waals surface area (Å²) in [7, 11) is 1.87. The smallest absolute Gasteiger partial charge is 0.147 e. The largest absolute Gasteiger partial charge is 0.312 e. The number of nitrogens with one attached hydrogen (secondary N) is 1. The molecule has 0 amide bonds. The average molecular weight is 387 g/mol. The molecule has 0 bridgehead atoms. The lowest BCUT2D eigenvalue weighted by Gasteiger charge is -2.25. The van der Waals surface area contributed by atoms with Gasteiger partial charge in [0.15, 0.2) is 0 Å². The Morgan fingerprint density at radius 1 is 1.33 bits per heavy atom. The van der Waals surface area contributed by atoms with Gasteiger partial charge in [0.25, 0.3) is 0 Å². The predicted molar refractivity (Wildman–Crippen MR) is 90.8 cm³/mol. The molecule has 1 heterocycles. The van der Waals surface area contributed by atoms with Gasteiger partial charge < -0.3 is 5.32 Å². The molecule has 0 aromatic heterocycles. The topological polar surface area (TPSA) is 12.0 Å². The number of hydrogen-bond donors (Lipinski definition) is 1. The second kappa shape index (κ2) is 6.29. The first kappa shape index (κ1) is 15.3. The summed E-state index contributed by atoms with van der Waals surface area (Å²) in [4.78, 5) is 1.28. The fourth-order valence-electron chi connectivity index (χ4n) is 2.82. The summed E-state index contributed by atoms with van der Waals surface area (Å²) in [5.74, 6) is 0.834. The van der Waals surface area contributed by atoms with Gasteiger partial charge in [0.1, 0.15) is 5.82 Å². The van der Waals surface area contributed by atoms with Crippen LogP contribution in [0.4, 0.5) is 4.39 Å². The maximum atomic E-state index is 14.5. The summed E-state index contributed by atoms with van der Waals surface area (Å²) in [6.45, 7) is 0. The van der Waals surface area contributed by atoms with E-state index in [0.29, 0.717) is 10.0 Å². The Morgan fingerprint density at radius 3 is 2.86 bits per heavy atom. The van der Waals surface area contributed by atoms with Crippen molar-refractivity contribution in [1.29, 1.82) is 0 Å². The molecule has 1 nitrogen and oxygen atoms in total. The van der Waals surface area contributed by atoms with E-state index in [-0.39, 0.29) is 22.8 Å². The van der Waals surface area contributed by atoms with Crippen molar-refractivity contribution in [1.82, 2.24) is 5.32 Å². The Balaban J connectivity index is 2.03. The first-order valence-corrected chi connectivity index (χ1v) is 8.81. The number of fused-ring (bicyclic) bond motifs is 1. The number of rotatable bonds is 3. The van der Waals surface area contributed by atoms with Crippen molar-refractivity contribution < 1.29 is 4.39 Å². The second-order valence-electron chi connectivity index (χ2n) is 4.99. The van der Waals surface area contributed by atoms with E-state index in [9.17, 15) is 4.39 Å². The molecule has 3 rings (SSSR count). The molecule has 0 spiro atoms. The van der Waals surface area contributed by atoms with Crippen molar-refractivity contribution in [3.63, 3.8) is 0 Å². The lowest BCUT2D eigenvalue weighted by molar-refractivity contribution is 0.483. The van der Waals surface area contributed by atoms with Crippen molar-refractivity contribution in [2.45, 2.75) is 16.9 Å². The first-order chi connectivity index (χ1) is 10.1. The molecular formula is C16H14BrClFNS. The molecule has 0 aliphatic carbocycles. The number of hydrogen-bond acceptors (Lipinski definition) is 2. The number of likely N-dealkylation sites (N-methyl/N-ethyl adjacent to an activating group) is 1. The third-order valence-electron chi connectivity index (χ3n) is 3.85. The fourth-order valence-corrected chi connectivity index (χ4v) is 4.59. The quantitative estimate of drug-likeness (QED) is 0.710. The van der Waals surface area contributed by atoms with Crippen LogP contribution in [0.3, 0.4) is 0 Å². The van der Waals surface area contributed by atoms with Gasteiger partial charge >= 0.3 is 0 Å². The minimum absolute atomic E-state index is 0.0910. The number of benzene rings is 2. The van der Waals surface area contributed by atoms with Gasteiger partial charge in [-0.3, -0.25) is 0 Å². The van der Waals surface area contributed by atoms with Crippen LogP contribution in [0.25, 0.3) is 0 Å². The second-order valence-corrected chi connectivity index (χ2v) is 7.28. The molecule has 1 aliphatic heterocycles. The highest BCUT2D eigenvalue weighted by Crippen LogP contribution is 2.46. The molecule has 1 N–H and O–H groups in total. The molecule has 1 aliphatic rings. The average Bonchev–Trinajstić information content (AvgIpc) is 2.92. The third kappa shape index (κ3) is 2.74. The van der Waals surface area contributed by atoms with Crippen molar-refractivity contribution in [3.05, 3.63) is 62.8 Å². The molecule has 0 saturated carbocycles. The van der Waals surface area contributed by atoms with Crippen LogP contribution in [0.5, 0.6) is 0 Å². The third-order valence-corrected chi connectivity index (χ3v) is 6.32. The summed E-state index contributed by atoms with van der Waals surface area (Å²) >= 11 is 11.1. The summed E-state index contributed by atoms with van der Waals surface area (Å²) in [6, 6.07) is 11.8. The maximum absolute atomic E-state index is 14.5. The van der Waals surface area contributed by atoms with E-state index < -0.39 is 0 Å². The molecule has 2 aromatic rings. The van der Waals surface area contributed by atoms with E-state index in [0.717, 1.165) is 5.75 Å². The van der Waals surface area contributed by atoms with E-state index in [1.807, 2.05) is 30.9 Å². The fraction of sp³-hybridized carbons (Fsp3) is 0.250. The zero-order valence-corrected chi connectivity index (χ0v) is 14.5. The summed E-state index contributed by atoms with van der Waals surface area (Å²) in [5, 5.41) is 3.41. The summed E-state index contributed by atoms with van der Waals surface area (Å²) in [5.41, 5.74) is 1.90. The minimum Gasteiger partial charge on any atom is -0.312 e. The van der Waals surface area contributed by atoms with E-state index in [2.05, 4.69) is 33.4 Å². The first-order valence-electron chi connectivity index (χ1n) is 6.66. The number of halogens is 3. The Labute approximate surface area is 141 Å². The molecule has 2 aromatic carbocycles. The van der Waals surface area contributed by atoms with Crippen LogP contribution in [0.1, 0.15) is 23.1 Å². The van der Waals surface area contributed by atoms with Crippen LogP contribution in [-0.4, -0.2) is 12.8 Å². The molecule has 0 saturated heterocycles. The standard InChI is InChI=1S/C16H14BrClFNS/c1-20-16(10-6-7-12(17)14(18)15(10)19)11-8-21-13-5-3-2-4-9(11)13/h2-7,11,16,20H,8H2,1H3. The van der Waals surface area contributed by atoms with Crippen molar-refractivity contribution in [2.24, 2.45) is 0 Å². The lowest BCUT2D eigenvalue weighted by Crippen LogP contribution is -2.25. The van der Waals surface area contributed by atoms with Crippen LogP contribution >= 0.6 is 39.3 Å². The summed E-state index contributed by atoms with van der Waals surface area (Å²) < 4.78 is 15.1. The Bertz CT molecular complexity index is 679. The highest BCUT2D eigenvalue weighted by molar-refractivity contribution is 9.10. The monoisotopic (exact) mass is 385 g/mol. The zero-order chi connectivity index (χ0) is 15.0. The van der Waals surface area contributed by atoms with E-state index in [1.165, 1.54) is 10.5 Å². The van der Waals surface area contributed by atoms with Crippen LogP contribution < -0.4 is 5.32 Å². The molecule has 110 valence electrons. The molecule has 0 radical (unpaired) electrons. The maximum Gasteiger partial charge on any atom is 0.147 e. The SMILES string of the molecule is CNC(c1ccc(Br)c(Cl)c1F)C1CSc2ccccc21. The number of thioether (sulfide) groups is 1. The predicted octanol–water partition coefficient (Wildman–Crippen LogP) is 5.39. The molecular weight excluding hydrogens is 373 g/mol. The van der Waals surface area contributed by atoms with Crippen molar-refractivity contribution >= 4 is 39.3 Å². The van der Waals surface area contributed by atoms with E-state index in [4.69, 9.17) is 11.6 Å². The lowest BCUT2D eigenvalue weighted by atomic mass is 9.88. The molecule has 2 unspecified atom stereocenters. The van der Waals surface area contributed by atoms with E-state index in [1.54, 1.807) is 12.1 Å². The zero-order valence-electron chi connectivity index (χ0n) is 11.4. The summed E-state index contributed by atoms with van der Waals surface area (Å²) in [6.07, 6.45) is 0. The van der Waals surface area contributed by atoms with Gasteiger partial charge in [-0.05, 0) is 40.7 Å². The van der Waals surface area contributed by atoms with Crippen LogP contribution in [-0.2, 0) is 0 Å². The normalized spacial score (nSPS) is 18.6. The Kier molecular flexibility index (Phi) is 4.60. The molecule has 0 fully saturated rings. The van der Waals surface area contributed by atoms with E-state index >= 15 is 0 Å². The van der Waals surface area contributed by atoms with Gasteiger partial charge in [0.2, 0.25) is 0 Å². The highest BCUT2D eigenvalue weighted by Gasteiger charge is 2.32. The van der Waals surface area contributed by atoms with Crippen molar-refractivity contribution in [2.75, 3.05) is 12.8 Å².